The molecule has 1 atom stereocenters. The first-order valence-corrected chi connectivity index (χ1v) is 7.73. The average molecular weight is 342 g/mol. The average Bonchev–Trinajstić information content (AvgIpc) is 2.62. The molecule has 2 aromatic rings. The lowest BCUT2D eigenvalue weighted by molar-refractivity contribution is -0.384. The number of nitro benzene ring substituents is 1. The maximum Gasteiger partial charge on any atom is 0.270 e. The molecule has 2 rings (SSSR count). The van der Waals surface area contributed by atoms with Crippen molar-refractivity contribution in [3.63, 3.8) is 0 Å². The smallest absolute Gasteiger partial charge is 0.270 e. The van der Waals surface area contributed by atoms with Crippen LogP contribution in [0.1, 0.15) is 22.8 Å². The summed E-state index contributed by atoms with van der Waals surface area (Å²) in [6.45, 7) is 2.01. The third-order valence-corrected chi connectivity index (χ3v) is 3.56. The van der Waals surface area contributed by atoms with Crippen molar-refractivity contribution in [2.24, 2.45) is 0 Å². The largest absolute Gasteiger partial charge is 0.480 e. The van der Waals surface area contributed by atoms with Crippen molar-refractivity contribution in [1.82, 2.24) is 5.32 Å². The summed E-state index contributed by atoms with van der Waals surface area (Å²) in [6, 6.07) is 13.4. The monoisotopic (exact) mass is 342 g/mol. The number of hydrogen-bond donors (Lipinski definition) is 1. The van der Waals surface area contributed by atoms with Crippen LogP contribution in [0.3, 0.4) is 0 Å². The summed E-state index contributed by atoms with van der Waals surface area (Å²) in [4.78, 5) is 33.3. The Balaban J connectivity index is 1.92. The van der Waals surface area contributed by atoms with E-state index in [4.69, 9.17) is 4.74 Å². The third-order valence-electron chi connectivity index (χ3n) is 3.56. The van der Waals surface area contributed by atoms with Gasteiger partial charge in [-0.3, -0.25) is 19.7 Å². The fourth-order valence-corrected chi connectivity index (χ4v) is 2.21. The third kappa shape index (κ3) is 5.13. The predicted molar refractivity (Wildman–Crippen MR) is 91.7 cm³/mol. The van der Waals surface area contributed by atoms with E-state index in [1.807, 2.05) is 30.3 Å². The fraction of sp³-hybridized carbons (Fsp3) is 0.222. The molecular formula is C18H18N2O5. The summed E-state index contributed by atoms with van der Waals surface area (Å²) in [6.07, 6.45) is 0.314. The molecule has 130 valence electrons. The SMILES string of the molecule is C[C@H](Oc1ccc([N+](=O)[O-])cc1C=O)C(=O)NCCc1ccccc1. The number of aldehydes is 1. The number of non-ortho nitro benzene ring substituents is 1. The molecule has 1 N–H and O–H groups in total. The summed E-state index contributed by atoms with van der Waals surface area (Å²) >= 11 is 0. The van der Waals surface area contributed by atoms with Crippen LogP contribution in [0.15, 0.2) is 48.5 Å². The molecule has 25 heavy (non-hydrogen) atoms. The van der Waals surface area contributed by atoms with Crippen molar-refractivity contribution in [3.05, 3.63) is 69.8 Å². The maximum absolute atomic E-state index is 12.1. The van der Waals surface area contributed by atoms with Gasteiger partial charge in [0.2, 0.25) is 0 Å². The minimum atomic E-state index is -0.837. The van der Waals surface area contributed by atoms with E-state index in [2.05, 4.69) is 5.32 Å². The van der Waals surface area contributed by atoms with Crippen molar-refractivity contribution in [3.8, 4) is 5.75 Å². The molecule has 7 nitrogen and oxygen atoms in total. The second-order valence-corrected chi connectivity index (χ2v) is 5.38. The van der Waals surface area contributed by atoms with E-state index in [0.29, 0.717) is 19.3 Å². The minimum Gasteiger partial charge on any atom is -0.480 e. The predicted octanol–water partition coefficient (Wildman–Crippen LogP) is 2.53. The zero-order valence-electron chi connectivity index (χ0n) is 13.7. The standard InChI is InChI=1S/C18H18N2O5/c1-13(18(22)19-10-9-14-5-3-2-4-6-14)25-17-8-7-16(20(23)24)11-15(17)12-21/h2-8,11-13H,9-10H2,1H3,(H,19,22)/t13-/m0/s1. The van der Waals surface area contributed by atoms with Crippen molar-refractivity contribution >= 4 is 17.9 Å². The van der Waals surface area contributed by atoms with Crippen molar-refractivity contribution in [2.45, 2.75) is 19.4 Å². The number of nitrogens with one attached hydrogen (secondary N) is 1. The van der Waals surface area contributed by atoms with Crippen LogP contribution in [0.2, 0.25) is 0 Å². The van der Waals surface area contributed by atoms with Gasteiger partial charge < -0.3 is 10.1 Å². The van der Waals surface area contributed by atoms with Gasteiger partial charge in [-0.15, -0.1) is 0 Å². The van der Waals surface area contributed by atoms with Gasteiger partial charge >= 0.3 is 0 Å². The molecule has 0 bridgehead atoms. The second kappa shape index (κ2) is 8.58. The molecule has 0 saturated carbocycles. The molecule has 0 aromatic heterocycles. The minimum absolute atomic E-state index is 0.0261. The van der Waals surface area contributed by atoms with Gasteiger partial charge in [0, 0.05) is 18.7 Å². The first-order chi connectivity index (χ1) is 12.0. The van der Waals surface area contributed by atoms with Crippen LogP contribution < -0.4 is 10.1 Å². The molecule has 0 saturated heterocycles. The van der Waals surface area contributed by atoms with Crippen LogP contribution in [0.4, 0.5) is 5.69 Å². The summed E-state index contributed by atoms with van der Waals surface area (Å²) in [5, 5.41) is 13.5. The zero-order valence-corrected chi connectivity index (χ0v) is 13.7. The highest BCUT2D eigenvalue weighted by Gasteiger charge is 2.18. The van der Waals surface area contributed by atoms with Gasteiger partial charge in [0.25, 0.3) is 11.6 Å². The molecule has 0 aliphatic heterocycles. The van der Waals surface area contributed by atoms with Crippen LogP contribution in [-0.4, -0.2) is 29.8 Å². The topological polar surface area (TPSA) is 98.5 Å². The van der Waals surface area contributed by atoms with Crippen molar-refractivity contribution < 1.29 is 19.2 Å². The van der Waals surface area contributed by atoms with Gasteiger partial charge in [0.15, 0.2) is 12.4 Å². The fourth-order valence-electron chi connectivity index (χ4n) is 2.21. The molecule has 0 radical (unpaired) electrons. The summed E-state index contributed by atoms with van der Waals surface area (Å²) < 4.78 is 5.47. The van der Waals surface area contributed by atoms with Gasteiger partial charge in [-0.1, -0.05) is 30.3 Å². The molecule has 0 unspecified atom stereocenters. The van der Waals surface area contributed by atoms with Crippen LogP contribution in [-0.2, 0) is 11.2 Å². The Morgan fingerprint density at radius 2 is 2.00 bits per heavy atom. The number of hydrogen-bond acceptors (Lipinski definition) is 5. The molecule has 7 heteroatoms. The lowest BCUT2D eigenvalue weighted by Gasteiger charge is -2.15. The molecule has 0 aliphatic rings. The van der Waals surface area contributed by atoms with Gasteiger partial charge in [-0.05, 0) is 25.0 Å². The number of amides is 1. The number of nitrogens with zero attached hydrogens (tertiary/aromatic N) is 1. The number of carbonyl (C=O) groups excluding carboxylic acids is 2. The Morgan fingerprint density at radius 1 is 1.28 bits per heavy atom. The highest BCUT2D eigenvalue weighted by Crippen LogP contribution is 2.23. The summed E-state index contributed by atoms with van der Waals surface area (Å²) in [5.41, 5.74) is 0.919. The summed E-state index contributed by atoms with van der Waals surface area (Å²) in [7, 11) is 0. The quantitative estimate of drug-likeness (QED) is 0.451. The Kier molecular flexibility index (Phi) is 6.22. The Morgan fingerprint density at radius 3 is 2.64 bits per heavy atom. The van der Waals surface area contributed by atoms with Crippen molar-refractivity contribution in [2.75, 3.05) is 6.54 Å². The molecule has 0 heterocycles. The Labute approximate surface area is 144 Å². The Bertz CT molecular complexity index is 761. The van der Waals surface area contributed by atoms with E-state index in [1.165, 1.54) is 12.1 Å². The number of carbonyl (C=O) groups is 2. The van der Waals surface area contributed by atoms with Gasteiger partial charge in [0.05, 0.1) is 10.5 Å². The van der Waals surface area contributed by atoms with Gasteiger partial charge in [-0.25, -0.2) is 0 Å². The number of benzene rings is 2. The second-order valence-electron chi connectivity index (χ2n) is 5.38. The molecule has 0 fully saturated rings. The van der Waals surface area contributed by atoms with Crippen molar-refractivity contribution in [1.29, 1.82) is 0 Å². The molecule has 0 aliphatic carbocycles. The van der Waals surface area contributed by atoms with E-state index in [-0.39, 0.29) is 22.9 Å². The summed E-state index contributed by atoms with van der Waals surface area (Å²) in [5.74, 6) is -0.197. The number of nitro groups is 1. The first-order valence-electron chi connectivity index (χ1n) is 7.73. The maximum atomic E-state index is 12.1. The van der Waals surface area contributed by atoms with Crippen LogP contribution in [0, 0.1) is 10.1 Å². The molecule has 0 spiro atoms. The molecule has 2 aromatic carbocycles. The van der Waals surface area contributed by atoms with E-state index in [9.17, 15) is 19.7 Å². The van der Waals surface area contributed by atoms with Crippen LogP contribution >= 0.6 is 0 Å². The lowest BCUT2D eigenvalue weighted by Crippen LogP contribution is -2.37. The van der Waals surface area contributed by atoms with Gasteiger partial charge in [-0.2, -0.15) is 0 Å². The van der Waals surface area contributed by atoms with E-state index in [0.717, 1.165) is 11.6 Å². The van der Waals surface area contributed by atoms with Crippen LogP contribution in [0.25, 0.3) is 0 Å². The number of rotatable bonds is 8. The molecule has 1 amide bonds. The highest BCUT2D eigenvalue weighted by molar-refractivity contribution is 5.83. The zero-order chi connectivity index (χ0) is 18.2. The number of ether oxygens (including phenoxy) is 1. The van der Waals surface area contributed by atoms with E-state index >= 15 is 0 Å². The highest BCUT2D eigenvalue weighted by atomic mass is 16.6. The lowest BCUT2D eigenvalue weighted by atomic mass is 10.1. The van der Waals surface area contributed by atoms with Gasteiger partial charge in [0.1, 0.15) is 5.75 Å². The van der Waals surface area contributed by atoms with E-state index in [1.54, 1.807) is 6.92 Å². The first kappa shape index (κ1) is 18.1. The molecular weight excluding hydrogens is 324 g/mol. The van der Waals surface area contributed by atoms with E-state index < -0.39 is 11.0 Å². The van der Waals surface area contributed by atoms with Crippen LogP contribution in [0.5, 0.6) is 5.75 Å². The Hall–Kier alpha value is -3.22. The normalized spacial score (nSPS) is 11.4.